The van der Waals surface area contributed by atoms with E-state index in [1.807, 2.05) is 35.7 Å². The highest BCUT2D eigenvalue weighted by Crippen LogP contribution is 2.23. The summed E-state index contributed by atoms with van der Waals surface area (Å²) < 4.78 is 27.2. The van der Waals surface area contributed by atoms with Crippen molar-refractivity contribution < 1.29 is 13.2 Å². The van der Waals surface area contributed by atoms with Crippen LogP contribution in [0, 0.1) is 0 Å². The van der Waals surface area contributed by atoms with Gasteiger partial charge in [-0.3, -0.25) is 4.79 Å². The molecule has 2 aromatic carbocycles. The van der Waals surface area contributed by atoms with E-state index in [0.29, 0.717) is 11.3 Å². The van der Waals surface area contributed by atoms with Crippen molar-refractivity contribution in [2.24, 2.45) is 0 Å². The Morgan fingerprint density at radius 1 is 1.08 bits per heavy atom. The predicted molar refractivity (Wildman–Crippen MR) is 98.0 cm³/mol. The zero-order valence-electron chi connectivity index (χ0n) is 13.5. The number of nitrogens with zero attached hydrogens (tertiary/aromatic N) is 1. The minimum absolute atomic E-state index is 0.104. The third-order valence-corrected chi connectivity index (χ3v) is 5.94. The molecule has 0 aliphatic rings. The van der Waals surface area contributed by atoms with Gasteiger partial charge in [-0.2, -0.15) is 0 Å². The number of carbonyl (C=O) groups is 1. The first-order valence-corrected chi connectivity index (χ1v) is 9.92. The van der Waals surface area contributed by atoms with Gasteiger partial charge in [0.2, 0.25) is 10.0 Å². The lowest BCUT2D eigenvalue weighted by Gasteiger charge is -2.06. The van der Waals surface area contributed by atoms with E-state index in [4.69, 9.17) is 0 Å². The van der Waals surface area contributed by atoms with Crippen molar-refractivity contribution in [2.75, 3.05) is 0 Å². The molecule has 0 saturated heterocycles. The van der Waals surface area contributed by atoms with E-state index in [0.717, 1.165) is 10.6 Å². The fraction of sp³-hybridized carbons (Fsp3) is 0.111. The van der Waals surface area contributed by atoms with Gasteiger partial charge in [-0.05, 0) is 19.1 Å². The van der Waals surface area contributed by atoms with E-state index in [-0.39, 0.29) is 17.2 Å². The van der Waals surface area contributed by atoms with Crippen molar-refractivity contribution in [1.82, 2.24) is 9.71 Å². The van der Waals surface area contributed by atoms with Gasteiger partial charge in [-0.15, -0.1) is 11.3 Å². The van der Waals surface area contributed by atoms with E-state index in [9.17, 15) is 13.2 Å². The second kappa shape index (κ2) is 7.26. The second-order valence-electron chi connectivity index (χ2n) is 5.42. The molecule has 1 heterocycles. The Balaban J connectivity index is 1.70. The molecule has 0 radical (unpaired) electrons. The number of sulfonamides is 1. The van der Waals surface area contributed by atoms with Crippen molar-refractivity contribution >= 4 is 27.1 Å². The summed E-state index contributed by atoms with van der Waals surface area (Å²) >= 11 is 1.47. The number of nitrogens with one attached hydrogen (secondary N) is 1. The summed E-state index contributed by atoms with van der Waals surface area (Å²) in [5.41, 5.74) is 2.14. The molecular formula is C18H16N2O3S2. The lowest BCUT2D eigenvalue weighted by molar-refractivity contribution is 0.101. The molecule has 0 aliphatic heterocycles. The summed E-state index contributed by atoms with van der Waals surface area (Å²) in [5, 5.41) is 2.68. The SMILES string of the molecule is CC(=O)c1ccc(S(=O)(=O)NCc2csc(-c3ccccc3)n2)cc1. The highest BCUT2D eigenvalue weighted by Gasteiger charge is 2.15. The van der Waals surface area contributed by atoms with E-state index in [2.05, 4.69) is 9.71 Å². The number of rotatable bonds is 6. The van der Waals surface area contributed by atoms with E-state index in [1.165, 1.54) is 42.5 Å². The molecule has 1 N–H and O–H groups in total. The predicted octanol–water partition coefficient (Wildman–Crippen LogP) is 3.49. The topological polar surface area (TPSA) is 76.1 Å². The van der Waals surface area contributed by atoms with Crippen LogP contribution in [0.15, 0.2) is 64.9 Å². The summed E-state index contributed by atoms with van der Waals surface area (Å²) in [7, 11) is -3.65. The fourth-order valence-corrected chi connectivity index (χ4v) is 4.05. The van der Waals surface area contributed by atoms with Crippen molar-refractivity contribution in [3.05, 3.63) is 71.2 Å². The molecule has 0 unspecified atom stereocenters. The molecule has 1 aromatic heterocycles. The van der Waals surface area contributed by atoms with E-state index >= 15 is 0 Å². The number of aromatic nitrogens is 1. The van der Waals surface area contributed by atoms with Crippen LogP contribution in [-0.2, 0) is 16.6 Å². The summed E-state index contributed by atoms with van der Waals surface area (Å²) in [5.74, 6) is -0.104. The molecule has 5 nitrogen and oxygen atoms in total. The van der Waals surface area contributed by atoms with Crippen LogP contribution in [-0.4, -0.2) is 19.2 Å². The molecule has 7 heteroatoms. The summed E-state index contributed by atoms with van der Waals surface area (Å²) in [6, 6.07) is 15.6. The highest BCUT2D eigenvalue weighted by atomic mass is 32.2. The van der Waals surface area contributed by atoms with Crippen LogP contribution in [0.2, 0.25) is 0 Å². The quantitative estimate of drug-likeness (QED) is 0.672. The number of hydrogen-bond acceptors (Lipinski definition) is 5. The van der Waals surface area contributed by atoms with Crippen molar-refractivity contribution in [2.45, 2.75) is 18.4 Å². The molecule has 3 aromatic rings. The zero-order valence-corrected chi connectivity index (χ0v) is 15.1. The van der Waals surface area contributed by atoms with E-state index in [1.54, 1.807) is 0 Å². The second-order valence-corrected chi connectivity index (χ2v) is 8.04. The molecule has 0 amide bonds. The van der Waals surface area contributed by atoms with Crippen LogP contribution in [0.25, 0.3) is 10.6 Å². The molecule has 0 bridgehead atoms. The van der Waals surface area contributed by atoms with Crippen LogP contribution in [0.3, 0.4) is 0 Å². The molecule has 128 valence electrons. The van der Waals surface area contributed by atoms with Crippen LogP contribution in [0.5, 0.6) is 0 Å². The van der Waals surface area contributed by atoms with Crippen LogP contribution in [0.4, 0.5) is 0 Å². The molecule has 0 saturated carbocycles. The van der Waals surface area contributed by atoms with Crippen molar-refractivity contribution in [3.8, 4) is 10.6 Å². The average Bonchev–Trinajstić information content (AvgIpc) is 3.10. The largest absolute Gasteiger partial charge is 0.295 e. The van der Waals surface area contributed by atoms with Crippen LogP contribution >= 0.6 is 11.3 Å². The summed E-state index contributed by atoms with van der Waals surface area (Å²) in [6.07, 6.45) is 0. The third kappa shape index (κ3) is 4.19. The number of carbonyl (C=O) groups excluding carboxylic acids is 1. The lowest BCUT2D eigenvalue weighted by Crippen LogP contribution is -2.23. The van der Waals surface area contributed by atoms with Gasteiger partial charge < -0.3 is 0 Å². The Kier molecular flexibility index (Phi) is 5.08. The maximum Gasteiger partial charge on any atom is 0.240 e. The Hall–Kier alpha value is -2.35. The fourth-order valence-electron chi connectivity index (χ4n) is 2.22. The maximum absolute atomic E-state index is 12.3. The Morgan fingerprint density at radius 3 is 2.40 bits per heavy atom. The smallest absolute Gasteiger partial charge is 0.240 e. The number of hydrogen-bond donors (Lipinski definition) is 1. The van der Waals surface area contributed by atoms with Crippen molar-refractivity contribution in [3.63, 3.8) is 0 Å². The monoisotopic (exact) mass is 372 g/mol. The Bertz CT molecular complexity index is 979. The molecule has 0 fully saturated rings. The maximum atomic E-state index is 12.3. The molecule has 3 rings (SSSR count). The summed E-state index contributed by atoms with van der Waals surface area (Å²) in [6.45, 7) is 1.55. The van der Waals surface area contributed by atoms with Gasteiger partial charge in [0.15, 0.2) is 5.78 Å². The van der Waals surface area contributed by atoms with Crippen LogP contribution < -0.4 is 4.72 Å². The molecule has 0 aliphatic carbocycles. The highest BCUT2D eigenvalue weighted by molar-refractivity contribution is 7.89. The normalized spacial score (nSPS) is 11.4. The molecule has 0 atom stereocenters. The first kappa shape index (κ1) is 17.5. The van der Waals surface area contributed by atoms with Gasteiger partial charge in [-0.1, -0.05) is 42.5 Å². The van der Waals surface area contributed by atoms with E-state index < -0.39 is 10.0 Å². The number of Topliss-reactive ketones (excluding diaryl/α,β-unsaturated/α-hetero) is 1. The van der Waals surface area contributed by atoms with Gasteiger partial charge in [0.1, 0.15) is 5.01 Å². The Morgan fingerprint density at radius 2 is 1.76 bits per heavy atom. The zero-order chi connectivity index (χ0) is 17.9. The van der Waals surface area contributed by atoms with Gasteiger partial charge in [-0.25, -0.2) is 18.1 Å². The number of ketones is 1. The first-order valence-electron chi connectivity index (χ1n) is 7.56. The Labute approximate surface area is 150 Å². The van der Waals surface area contributed by atoms with Gasteiger partial charge in [0.05, 0.1) is 17.1 Å². The number of thiazole rings is 1. The minimum Gasteiger partial charge on any atom is -0.295 e. The minimum atomic E-state index is -3.65. The first-order chi connectivity index (χ1) is 12.0. The van der Waals surface area contributed by atoms with Crippen molar-refractivity contribution in [1.29, 1.82) is 0 Å². The average molecular weight is 372 g/mol. The third-order valence-electron chi connectivity index (χ3n) is 3.59. The van der Waals surface area contributed by atoms with Crippen LogP contribution in [0.1, 0.15) is 23.0 Å². The molecule has 25 heavy (non-hydrogen) atoms. The number of benzene rings is 2. The summed E-state index contributed by atoms with van der Waals surface area (Å²) in [4.78, 5) is 15.8. The molecular weight excluding hydrogens is 356 g/mol. The van der Waals surface area contributed by atoms with Gasteiger partial charge >= 0.3 is 0 Å². The standard InChI is InChI=1S/C18H16N2O3S2/c1-13(21)14-7-9-17(10-8-14)25(22,23)19-11-16-12-24-18(20-16)15-5-3-2-4-6-15/h2-10,12,19H,11H2,1H3. The van der Waals surface area contributed by atoms with Gasteiger partial charge in [0.25, 0.3) is 0 Å². The molecule has 0 spiro atoms. The van der Waals surface area contributed by atoms with Gasteiger partial charge in [0, 0.05) is 16.5 Å². The lowest BCUT2D eigenvalue weighted by atomic mass is 10.2.